The fraction of sp³-hybridized carbons (Fsp3) is 0.455. The van der Waals surface area contributed by atoms with Crippen molar-refractivity contribution in [1.29, 1.82) is 0 Å². The minimum atomic E-state index is -0.544. The van der Waals surface area contributed by atoms with Crippen LogP contribution in [0.4, 0.5) is 5.69 Å². The molecule has 1 fully saturated rings. The summed E-state index contributed by atoms with van der Waals surface area (Å²) in [7, 11) is 0. The molecular formula is C11H11NO4. The van der Waals surface area contributed by atoms with Crippen LogP contribution in [0.1, 0.15) is 11.1 Å². The summed E-state index contributed by atoms with van der Waals surface area (Å²) in [6.07, 6.45) is 1.31. The fourth-order valence-corrected chi connectivity index (χ4v) is 2.41. The normalized spacial score (nSPS) is 21.2. The number of hydrogen-bond donors (Lipinski definition) is 0. The van der Waals surface area contributed by atoms with Gasteiger partial charge in [0.1, 0.15) is 0 Å². The number of nitro benzene ring substituents is 1. The van der Waals surface area contributed by atoms with E-state index >= 15 is 0 Å². The molecule has 0 unspecified atom stereocenters. The standard InChI is InChI=1S/C11H11NO4/c13-12(14)10-2-1-8-6-11(7-9(8)5-10)15-3-4-16-11/h1-2,5H,3-4,6-7H2. The summed E-state index contributed by atoms with van der Waals surface area (Å²) < 4.78 is 11.2. The van der Waals surface area contributed by atoms with Gasteiger partial charge in [0, 0.05) is 25.0 Å². The second-order valence-corrected chi connectivity index (χ2v) is 4.17. The van der Waals surface area contributed by atoms with Crippen LogP contribution in [0.3, 0.4) is 0 Å². The molecule has 5 heteroatoms. The minimum absolute atomic E-state index is 0.133. The zero-order valence-electron chi connectivity index (χ0n) is 8.64. The number of nitro groups is 1. The van der Waals surface area contributed by atoms with Crippen molar-refractivity contribution in [3.63, 3.8) is 0 Å². The van der Waals surface area contributed by atoms with E-state index < -0.39 is 5.79 Å². The first-order chi connectivity index (χ1) is 7.69. The lowest BCUT2D eigenvalue weighted by atomic mass is 10.1. The highest BCUT2D eigenvalue weighted by atomic mass is 16.7. The van der Waals surface area contributed by atoms with Gasteiger partial charge in [-0.25, -0.2) is 0 Å². The number of non-ortho nitro benzene ring substituents is 1. The predicted molar refractivity (Wildman–Crippen MR) is 55.1 cm³/mol. The number of hydrogen-bond acceptors (Lipinski definition) is 4. The Hall–Kier alpha value is -1.46. The monoisotopic (exact) mass is 221 g/mol. The molecule has 1 aliphatic heterocycles. The Kier molecular flexibility index (Phi) is 1.99. The van der Waals surface area contributed by atoms with Gasteiger partial charge in [0.25, 0.3) is 5.69 Å². The van der Waals surface area contributed by atoms with Gasteiger partial charge in [0.15, 0.2) is 5.79 Å². The molecule has 0 amide bonds. The van der Waals surface area contributed by atoms with Crippen molar-refractivity contribution >= 4 is 5.69 Å². The maximum atomic E-state index is 10.7. The number of ether oxygens (including phenoxy) is 2. The largest absolute Gasteiger partial charge is 0.347 e. The third-order valence-electron chi connectivity index (χ3n) is 3.13. The SMILES string of the molecule is O=[N+]([O-])c1ccc2c(c1)CC1(C2)OCCO1. The van der Waals surface area contributed by atoms with E-state index in [2.05, 4.69) is 0 Å². The van der Waals surface area contributed by atoms with Crippen molar-refractivity contribution in [2.45, 2.75) is 18.6 Å². The van der Waals surface area contributed by atoms with Crippen molar-refractivity contribution in [3.8, 4) is 0 Å². The van der Waals surface area contributed by atoms with Gasteiger partial charge in [-0.2, -0.15) is 0 Å². The Labute approximate surface area is 92.1 Å². The molecule has 5 nitrogen and oxygen atoms in total. The second-order valence-electron chi connectivity index (χ2n) is 4.17. The first-order valence-corrected chi connectivity index (χ1v) is 5.23. The lowest BCUT2D eigenvalue weighted by molar-refractivity contribution is -0.384. The molecule has 0 radical (unpaired) electrons. The molecule has 1 saturated heterocycles. The van der Waals surface area contributed by atoms with E-state index in [4.69, 9.17) is 9.47 Å². The van der Waals surface area contributed by atoms with Crippen LogP contribution < -0.4 is 0 Å². The molecule has 0 bridgehead atoms. The Bertz CT molecular complexity index is 451. The summed E-state index contributed by atoms with van der Waals surface area (Å²) in [6.45, 7) is 1.21. The van der Waals surface area contributed by atoms with Crippen molar-refractivity contribution in [2.24, 2.45) is 0 Å². The molecule has 2 aliphatic rings. The van der Waals surface area contributed by atoms with Gasteiger partial charge in [0.05, 0.1) is 18.1 Å². The van der Waals surface area contributed by atoms with E-state index in [1.165, 1.54) is 6.07 Å². The van der Waals surface area contributed by atoms with E-state index in [9.17, 15) is 10.1 Å². The van der Waals surface area contributed by atoms with Crippen molar-refractivity contribution in [1.82, 2.24) is 0 Å². The van der Waals surface area contributed by atoms with Gasteiger partial charge in [-0.3, -0.25) is 10.1 Å². The smallest absolute Gasteiger partial charge is 0.269 e. The Morgan fingerprint density at radius 2 is 1.88 bits per heavy atom. The first kappa shape index (κ1) is 9.74. The van der Waals surface area contributed by atoms with E-state index in [0.717, 1.165) is 11.1 Å². The van der Waals surface area contributed by atoms with Crippen LogP contribution in [-0.2, 0) is 22.3 Å². The molecule has 1 aromatic carbocycles. The lowest BCUT2D eigenvalue weighted by Crippen LogP contribution is -2.30. The lowest BCUT2D eigenvalue weighted by Gasteiger charge is -2.20. The molecule has 84 valence electrons. The zero-order chi connectivity index (χ0) is 11.2. The highest BCUT2D eigenvalue weighted by Crippen LogP contribution is 2.37. The van der Waals surface area contributed by atoms with Gasteiger partial charge in [-0.1, -0.05) is 6.07 Å². The van der Waals surface area contributed by atoms with Gasteiger partial charge < -0.3 is 9.47 Å². The van der Waals surface area contributed by atoms with E-state index in [0.29, 0.717) is 26.1 Å². The molecule has 1 heterocycles. The third kappa shape index (κ3) is 1.40. The average molecular weight is 221 g/mol. The van der Waals surface area contributed by atoms with Crippen LogP contribution in [0.2, 0.25) is 0 Å². The molecule has 0 saturated carbocycles. The van der Waals surface area contributed by atoms with E-state index in [1.807, 2.05) is 0 Å². The second kappa shape index (κ2) is 3.26. The third-order valence-corrected chi connectivity index (χ3v) is 3.13. The van der Waals surface area contributed by atoms with Gasteiger partial charge in [-0.15, -0.1) is 0 Å². The van der Waals surface area contributed by atoms with Gasteiger partial charge >= 0.3 is 0 Å². The fourth-order valence-electron chi connectivity index (χ4n) is 2.41. The molecule has 0 aromatic heterocycles. The quantitative estimate of drug-likeness (QED) is 0.531. The number of rotatable bonds is 1. The minimum Gasteiger partial charge on any atom is -0.347 e. The van der Waals surface area contributed by atoms with Gasteiger partial charge in [0.2, 0.25) is 0 Å². The van der Waals surface area contributed by atoms with Crippen LogP contribution in [-0.4, -0.2) is 23.9 Å². The van der Waals surface area contributed by atoms with E-state index in [1.54, 1.807) is 12.1 Å². The topological polar surface area (TPSA) is 61.6 Å². The molecule has 0 atom stereocenters. The highest BCUT2D eigenvalue weighted by molar-refractivity contribution is 5.43. The summed E-state index contributed by atoms with van der Waals surface area (Å²) in [5.41, 5.74) is 2.19. The molecular weight excluding hydrogens is 210 g/mol. The zero-order valence-corrected chi connectivity index (χ0v) is 8.64. The van der Waals surface area contributed by atoms with Crippen molar-refractivity contribution < 1.29 is 14.4 Å². The summed E-state index contributed by atoms with van der Waals surface area (Å²) in [6, 6.07) is 4.95. The molecule has 3 rings (SSSR count). The summed E-state index contributed by atoms with van der Waals surface area (Å²) in [5, 5.41) is 10.7. The van der Waals surface area contributed by atoms with Crippen molar-refractivity contribution in [2.75, 3.05) is 13.2 Å². The van der Waals surface area contributed by atoms with Crippen LogP contribution in [0.5, 0.6) is 0 Å². The Morgan fingerprint density at radius 3 is 2.56 bits per heavy atom. The molecule has 1 aromatic rings. The van der Waals surface area contributed by atoms with Crippen molar-refractivity contribution in [3.05, 3.63) is 39.4 Å². The number of fused-ring (bicyclic) bond motifs is 1. The summed E-state index contributed by atoms with van der Waals surface area (Å²) >= 11 is 0. The maximum absolute atomic E-state index is 10.7. The first-order valence-electron chi connectivity index (χ1n) is 5.23. The Balaban J connectivity index is 1.94. The van der Waals surface area contributed by atoms with Crippen LogP contribution in [0, 0.1) is 10.1 Å². The van der Waals surface area contributed by atoms with Gasteiger partial charge in [-0.05, 0) is 11.1 Å². The average Bonchev–Trinajstić information content (AvgIpc) is 2.84. The molecule has 16 heavy (non-hydrogen) atoms. The highest BCUT2D eigenvalue weighted by Gasteiger charge is 2.42. The Morgan fingerprint density at radius 1 is 1.19 bits per heavy atom. The van der Waals surface area contributed by atoms with E-state index in [-0.39, 0.29) is 10.6 Å². The maximum Gasteiger partial charge on any atom is 0.269 e. The number of nitrogens with zero attached hydrogens (tertiary/aromatic N) is 1. The molecule has 1 aliphatic carbocycles. The predicted octanol–water partition coefficient (Wildman–Crippen LogP) is 1.44. The molecule has 1 spiro atoms. The van der Waals surface area contributed by atoms with Crippen LogP contribution in [0.15, 0.2) is 18.2 Å². The summed E-state index contributed by atoms with van der Waals surface area (Å²) in [4.78, 5) is 10.3. The van der Waals surface area contributed by atoms with Crippen LogP contribution in [0.25, 0.3) is 0 Å². The summed E-state index contributed by atoms with van der Waals surface area (Å²) in [5.74, 6) is -0.544. The van der Waals surface area contributed by atoms with Crippen LogP contribution >= 0.6 is 0 Å². The molecule has 0 N–H and O–H groups in total. The number of benzene rings is 1.